The van der Waals surface area contributed by atoms with E-state index < -0.39 is 18.0 Å². The molecule has 0 saturated heterocycles. The van der Waals surface area contributed by atoms with Crippen LogP contribution in [0.2, 0.25) is 0 Å². The first kappa shape index (κ1) is 20.7. The molecule has 2 aromatic rings. The highest BCUT2D eigenvalue weighted by Gasteiger charge is 2.18. The smallest absolute Gasteiger partial charge is 0.331 e. The van der Waals surface area contributed by atoms with Crippen molar-refractivity contribution in [2.75, 3.05) is 25.6 Å². The fourth-order valence-electron chi connectivity index (χ4n) is 2.63. The van der Waals surface area contributed by atoms with Crippen molar-refractivity contribution in [3.05, 3.63) is 52.5 Å². The molecule has 3 rings (SSSR count). The van der Waals surface area contributed by atoms with Crippen molar-refractivity contribution in [2.24, 2.45) is 0 Å². The number of anilines is 1. The molecule has 0 bridgehead atoms. The van der Waals surface area contributed by atoms with Crippen LogP contribution in [-0.4, -0.2) is 38.3 Å². The topological polar surface area (TPSA) is 83.1 Å². The fourth-order valence-corrected chi connectivity index (χ4v) is 3.00. The third-order valence-corrected chi connectivity index (χ3v) is 4.56. The van der Waals surface area contributed by atoms with Gasteiger partial charge in [0.2, 0.25) is 0 Å². The van der Waals surface area contributed by atoms with Gasteiger partial charge in [0.1, 0.15) is 19.0 Å². The minimum absolute atomic E-state index is 0.452. The van der Waals surface area contributed by atoms with Gasteiger partial charge in [-0.25, -0.2) is 4.79 Å². The number of esters is 1. The summed E-state index contributed by atoms with van der Waals surface area (Å²) in [5.41, 5.74) is 1.23. The number of hydrogen-bond acceptors (Lipinski definition) is 6. The normalized spacial score (nSPS) is 13.6. The fraction of sp³-hybridized carbons (Fsp3) is 0.238. The van der Waals surface area contributed by atoms with Gasteiger partial charge in [0, 0.05) is 27.9 Å². The Kier molecular flexibility index (Phi) is 6.77. The summed E-state index contributed by atoms with van der Waals surface area (Å²) >= 11 is 3.37. The molecule has 1 aliphatic heterocycles. The van der Waals surface area contributed by atoms with Crippen LogP contribution in [0.4, 0.5) is 5.69 Å². The average Bonchev–Trinajstić information content (AvgIpc) is 2.72. The minimum atomic E-state index is -0.982. The molecule has 7 nitrogen and oxygen atoms in total. The van der Waals surface area contributed by atoms with Gasteiger partial charge in [-0.05, 0) is 43.3 Å². The van der Waals surface area contributed by atoms with Gasteiger partial charge in [0.15, 0.2) is 17.6 Å². The third kappa shape index (κ3) is 5.51. The number of benzene rings is 2. The number of amides is 1. The molecular formula is C21H20BrNO6. The van der Waals surface area contributed by atoms with Gasteiger partial charge in [0.05, 0.1) is 7.11 Å². The van der Waals surface area contributed by atoms with E-state index in [0.29, 0.717) is 41.7 Å². The summed E-state index contributed by atoms with van der Waals surface area (Å²) in [5, 5.41) is 2.69. The number of carbonyl (C=O) groups excluding carboxylic acids is 2. The number of halogens is 1. The molecule has 1 atom stereocenters. The van der Waals surface area contributed by atoms with Crippen LogP contribution < -0.4 is 19.5 Å². The molecule has 0 aromatic heterocycles. The first-order chi connectivity index (χ1) is 14.0. The molecule has 1 N–H and O–H groups in total. The number of carbonyl (C=O) groups is 2. The lowest BCUT2D eigenvalue weighted by Gasteiger charge is -2.19. The predicted molar refractivity (Wildman–Crippen MR) is 111 cm³/mol. The van der Waals surface area contributed by atoms with Crippen molar-refractivity contribution in [3.8, 4) is 17.2 Å². The van der Waals surface area contributed by atoms with Crippen molar-refractivity contribution < 1.29 is 28.5 Å². The van der Waals surface area contributed by atoms with Crippen LogP contribution in [0, 0.1) is 0 Å². The van der Waals surface area contributed by atoms with E-state index in [2.05, 4.69) is 21.2 Å². The van der Waals surface area contributed by atoms with Gasteiger partial charge < -0.3 is 24.3 Å². The van der Waals surface area contributed by atoms with Crippen LogP contribution in [-0.2, 0) is 14.3 Å². The largest absolute Gasteiger partial charge is 0.496 e. The van der Waals surface area contributed by atoms with Gasteiger partial charge in [0.25, 0.3) is 5.91 Å². The molecule has 0 radical (unpaired) electrons. The highest BCUT2D eigenvalue weighted by molar-refractivity contribution is 9.10. The maximum Gasteiger partial charge on any atom is 0.331 e. The zero-order valence-corrected chi connectivity index (χ0v) is 17.5. The maximum atomic E-state index is 12.3. The van der Waals surface area contributed by atoms with Gasteiger partial charge >= 0.3 is 5.97 Å². The molecule has 0 spiro atoms. The number of fused-ring (bicyclic) bond motifs is 1. The second-order valence-corrected chi connectivity index (χ2v) is 7.06. The Bertz CT molecular complexity index is 943. The van der Waals surface area contributed by atoms with Crippen LogP contribution in [0.3, 0.4) is 0 Å². The van der Waals surface area contributed by atoms with Crippen molar-refractivity contribution in [3.63, 3.8) is 0 Å². The molecule has 0 fully saturated rings. The molecule has 1 unspecified atom stereocenters. The highest BCUT2D eigenvalue weighted by atomic mass is 79.9. The van der Waals surface area contributed by atoms with E-state index in [1.807, 2.05) is 6.07 Å². The van der Waals surface area contributed by atoms with E-state index in [1.54, 1.807) is 43.5 Å². The van der Waals surface area contributed by atoms with Crippen molar-refractivity contribution >= 4 is 39.6 Å². The second-order valence-electron chi connectivity index (χ2n) is 6.15. The standard InChI is InChI=1S/C21H20BrNO6/c1-13(21(25)23-16-5-7-18-19(12-16)28-10-9-27-18)29-20(24)8-3-14-11-15(22)4-6-17(14)26-2/h3-8,11-13H,9-10H2,1-2H3,(H,23,25)/b8-3+. The number of hydrogen-bond donors (Lipinski definition) is 1. The maximum absolute atomic E-state index is 12.3. The zero-order valence-electron chi connectivity index (χ0n) is 15.9. The van der Waals surface area contributed by atoms with E-state index >= 15 is 0 Å². The van der Waals surface area contributed by atoms with Gasteiger partial charge in [-0.2, -0.15) is 0 Å². The lowest BCUT2D eigenvalue weighted by atomic mass is 10.2. The monoisotopic (exact) mass is 461 g/mol. The van der Waals surface area contributed by atoms with Crippen LogP contribution in [0.1, 0.15) is 12.5 Å². The molecule has 0 aliphatic carbocycles. The summed E-state index contributed by atoms with van der Waals surface area (Å²) in [6.45, 7) is 2.44. The van der Waals surface area contributed by atoms with E-state index in [9.17, 15) is 9.59 Å². The number of ether oxygens (including phenoxy) is 4. The van der Waals surface area contributed by atoms with E-state index in [4.69, 9.17) is 18.9 Å². The first-order valence-electron chi connectivity index (χ1n) is 8.89. The van der Waals surface area contributed by atoms with Crippen molar-refractivity contribution in [2.45, 2.75) is 13.0 Å². The van der Waals surface area contributed by atoms with Crippen LogP contribution in [0.25, 0.3) is 6.08 Å². The summed E-state index contributed by atoms with van der Waals surface area (Å²) in [6.07, 6.45) is 1.83. The quantitative estimate of drug-likeness (QED) is 0.520. The van der Waals surface area contributed by atoms with Crippen LogP contribution >= 0.6 is 15.9 Å². The molecule has 8 heteroatoms. The van der Waals surface area contributed by atoms with Gasteiger partial charge in [-0.3, -0.25) is 4.79 Å². The summed E-state index contributed by atoms with van der Waals surface area (Å²) in [7, 11) is 1.54. The third-order valence-electron chi connectivity index (χ3n) is 4.06. The second kappa shape index (κ2) is 9.47. The molecule has 1 heterocycles. The van der Waals surface area contributed by atoms with Crippen molar-refractivity contribution in [1.29, 1.82) is 0 Å². The molecule has 0 saturated carbocycles. The average molecular weight is 462 g/mol. The van der Waals surface area contributed by atoms with Gasteiger partial charge in [-0.15, -0.1) is 0 Å². The predicted octanol–water partition coefficient (Wildman–Crippen LogP) is 3.81. The highest BCUT2D eigenvalue weighted by Crippen LogP contribution is 2.32. The summed E-state index contributed by atoms with van der Waals surface area (Å²) < 4.78 is 22.2. The Labute approximate surface area is 176 Å². The molecule has 1 aliphatic rings. The van der Waals surface area contributed by atoms with Crippen molar-refractivity contribution in [1.82, 2.24) is 0 Å². The lowest BCUT2D eigenvalue weighted by Crippen LogP contribution is -2.29. The Morgan fingerprint density at radius 2 is 1.90 bits per heavy atom. The van der Waals surface area contributed by atoms with E-state index in [1.165, 1.54) is 13.0 Å². The Morgan fingerprint density at radius 3 is 2.66 bits per heavy atom. The van der Waals surface area contributed by atoms with E-state index in [0.717, 1.165) is 4.47 Å². The Hall–Kier alpha value is -3.00. The Balaban J connectivity index is 1.58. The summed E-state index contributed by atoms with van der Waals surface area (Å²) in [5.74, 6) is 0.702. The van der Waals surface area contributed by atoms with Crippen LogP contribution in [0.15, 0.2) is 46.9 Å². The minimum Gasteiger partial charge on any atom is -0.496 e. The number of nitrogens with one attached hydrogen (secondary N) is 1. The van der Waals surface area contributed by atoms with Gasteiger partial charge in [-0.1, -0.05) is 15.9 Å². The molecular weight excluding hydrogens is 442 g/mol. The molecule has 2 aromatic carbocycles. The number of rotatable bonds is 6. The summed E-state index contributed by atoms with van der Waals surface area (Å²) in [4.78, 5) is 24.4. The van der Waals surface area contributed by atoms with E-state index in [-0.39, 0.29) is 0 Å². The Morgan fingerprint density at radius 1 is 1.14 bits per heavy atom. The SMILES string of the molecule is COc1ccc(Br)cc1/C=C/C(=O)OC(C)C(=O)Nc1ccc2c(c1)OCCO2. The molecule has 152 valence electrons. The zero-order chi connectivity index (χ0) is 20.8. The molecule has 1 amide bonds. The lowest BCUT2D eigenvalue weighted by molar-refractivity contribution is -0.148. The first-order valence-corrected chi connectivity index (χ1v) is 9.68. The molecule has 29 heavy (non-hydrogen) atoms. The summed E-state index contributed by atoms with van der Waals surface area (Å²) in [6, 6.07) is 10.5. The van der Waals surface area contributed by atoms with Crippen LogP contribution in [0.5, 0.6) is 17.2 Å². The number of methoxy groups -OCH3 is 1.